The van der Waals surface area contributed by atoms with Crippen LogP contribution in [0.1, 0.15) is 25.7 Å². The van der Waals surface area contributed by atoms with Gasteiger partial charge in [0.2, 0.25) is 0 Å². The average Bonchev–Trinajstić information content (AvgIpc) is 3.13. The van der Waals surface area contributed by atoms with E-state index < -0.39 is 0 Å². The molecule has 122 valence electrons. The van der Waals surface area contributed by atoms with Crippen molar-refractivity contribution in [2.75, 3.05) is 38.1 Å². The first-order chi connectivity index (χ1) is 11.2. The zero-order valence-electron chi connectivity index (χ0n) is 13.7. The molecule has 2 fully saturated rings. The SMILES string of the molecule is CN1CCC2(CC1)CCN(c1ccc(-n3ccnc3)nn1)CC2. The number of hydrogen-bond donors (Lipinski definition) is 0. The predicted octanol–water partition coefficient (Wildman–Crippen LogP) is 1.97. The van der Waals surface area contributed by atoms with Crippen LogP contribution in [-0.2, 0) is 0 Å². The minimum atomic E-state index is 0.577. The summed E-state index contributed by atoms with van der Waals surface area (Å²) >= 11 is 0. The third-order valence-electron chi connectivity index (χ3n) is 5.60. The van der Waals surface area contributed by atoms with Gasteiger partial charge in [-0.1, -0.05) is 0 Å². The van der Waals surface area contributed by atoms with Crippen molar-refractivity contribution in [2.45, 2.75) is 25.7 Å². The maximum Gasteiger partial charge on any atom is 0.160 e. The van der Waals surface area contributed by atoms with E-state index in [1.54, 1.807) is 12.5 Å². The minimum Gasteiger partial charge on any atom is -0.355 e. The first kappa shape index (κ1) is 14.6. The van der Waals surface area contributed by atoms with E-state index in [0.29, 0.717) is 5.41 Å². The fourth-order valence-electron chi connectivity index (χ4n) is 3.82. The van der Waals surface area contributed by atoms with E-state index >= 15 is 0 Å². The Morgan fingerprint density at radius 2 is 1.57 bits per heavy atom. The Bertz CT molecular complexity index is 618. The summed E-state index contributed by atoms with van der Waals surface area (Å²) in [6.45, 7) is 4.70. The summed E-state index contributed by atoms with van der Waals surface area (Å²) in [5.74, 6) is 1.81. The van der Waals surface area contributed by atoms with Gasteiger partial charge in [-0.3, -0.25) is 4.57 Å². The molecule has 0 saturated carbocycles. The standard InChI is InChI=1S/C17H24N6/c1-21-9-4-17(5-10-21)6-11-22(12-7-17)15-2-3-16(20-19-15)23-13-8-18-14-23/h2-3,8,13-14H,4-7,9-12H2,1H3. The maximum absolute atomic E-state index is 4.42. The van der Waals surface area contributed by atoms with Gasteiger partial charge in [0, 0.05) is 25.5 Å². The van der Waals surface area contributed by atoms with Crippen molar-refractivity contribution in [3.63, 3.8) is 0 Å². The number of nitrogens with zero attached hydrogens (tertiary/aromatic N) is 6. The largest absolute Gasteiger partial charge is 0.355 e. The minimum absolute atomic E-state index is 0.577. The topological polar surface area (TPSA) is 50.1 Å². The smallest absolute Gasteiger partial charge is 0.160 e. The Morgan fingerprint density at radius 1 is 0.913 bits per heavy atom. The second-order valence-electron chi connectivity index (χ2n) is 7.01. The molecule has 0 atom stereocenters. The van der Waals surface area contributed by atoms with Crippen LogP contribution in [0.15, 0.2) is 30.9 Å². The lowest BCUT2D eigenvalue weighted by Crippen LogP contribution is -2.46. The Morgan fingerprint density at radius 3 is 2.17 bits per heavy atom. The van der Waals surface area contributed by atoms with Crippen LogP contribution in [0, 0.1) is 5.41 Å². The van der Waals surface area contributed by atoms with Crippen LogP contribution in [0.5, 0.6) is 0 Å². The van der Waals surface area contributed by atoms with Crippen LogP contribution >= 0.6 is 0 Å². The van der Waals surface area contributed by atoms with Gasteiger partial charge in [0.1, 0.15) is 6.33 Å². The summed E-state index contributed by atoms with van der Waals surface area (Å²) in [6.07, 6.45) is 10.6. The monoisotopic (exact) mass is 312 g/mol. The summed E-state index contributed by atoms with van der Waals surface area (Å²) in [7, 11) is 2.24. The summed E-state index contributed by atoms with van der Waals surface area (Å²) in [4.78, 5) is 8.89. The summed E-state index contributed by atoms with van der Waals surface area (Å²) in [5.41, 5.74) is 0.577. The highest BCUT2D eigenvalue weighted by Gasteiger charge is 2.37. The van der Waals surface area contributed by atoms with Gasteiger partial charge in [-0.2, -0.15) is 0 Å². The molecule has 0 radical (unpaired) electrons. The average molecular weight is 312 g/mol. The van der Waals surface area contributed by atoms with E-state index in [1.807, 2.05) is 16.8 Å². The van der Waals surface area contributed by atoms with Crippen LogP contribution in [0.2, 0.25) is 0 Å². The highest BCUT2D eigenvalue weighted by atomic mass is 15.3. The molecule has 2 aliphatic heterocycles. The molecule has 2 aromatic rings. The molecule has 2 saturated heterocycles. The quantitative estimate of drug-likeness (QED) is 0.848. The molecular weight excluding hydrogens is 288 g/mol. The lowest BCUT2D eigenvalue weighted by atomic mass is 9.71. The van der Waals surface area contributed by atoms with Crippen molar-refractivity contribution < 1.29 is 0 Å². The molecule has 0 amide bonds. The third-order valence-corrected chi connectivity index (χ3v) is 5.60. The van der Waals surface area contributed by atoms with Gasteiger partial charge in [-0.05, 0) is 63.4 Å². The third kappa shape index (κ3) is 2.95. The predicted molar refractivity (Wildman–Crippen MR) is 89.8 cm³/mol. The summed E-state index contributed by atoms with van der Waals surface area (Å²) in [6, 6.07) is 4.10. The Hall–Kier alpha value is -1.95. The molecule has 2 aliphatic rings. The first-order valence-electron chi connectivity index (χ1n) is 8.50. The van der Waals surface area contributed by atoms with Gasteiger partial charge in [-0.25, -0.2) is 4.98 Å². The molecule has 0 bridgehead atoms. The fourth-order valence-corrected chi connectivity index (χ4v) is 3.82. The van der Waals surface area contributed by atoms with Crippen LogP contribution in [-0.4, -0.2) is 57.9 Å². The van der Waals surface area contributed by atoms with Crippen molar-refractivity contribution in [3.05, 3.63) is 30.9 Å². The number of anilines is 1. The summed E-state index contributed by atoms with van der Waals surface area (Å²) < 4.78 is 1.88. The number of hydrogen-bond acceptors (Lipinski definition) is 5. The van der Waals surface area contributed by atoms with E-state index in [-0.39, 0.29) is 0 Å². The zero-order chi connectivity index (χ0) is 15.7. The van der Waals surface area contributed by atoms with Gasteiger partial charge in [0.25, 0.3) is 0 Å². The molecule has 0 unspecified atom stereocenters. The number of likely N-dealkylation sites (tertiary alicyclic amines) is 1. The molecule has 0 aromatic carbocycles. The van der Waals surface area contributed by atoms with E-state index in [1.165, 1.54) is 38.8 Å². The molecule has 23 heavy (non-hydrogen) atoms. The van der Waals surface area contributed by atoms with E-state index in [4.69, 9.17) is 0 Å². The molecule has 0 aliphatic carbocycles. The normalized spacial score (nSPS) is 21.7. The number of aromatic nitrogens is 4. The molecule has 4 rings (SSSR count). The molecule has 6 nitrogen and oxygen atoms in total. The van der Waals surface area contributed by atoms with Gasteiger partial charge in [0.05, 0.1) is 0 Å². The lowest BCUT2D eigenvalue weighted by molar-refractivity contribution is 0.0943. The Kier molecular flexibility index (Phi) is 3.77. The molecule has 1 spiro atoms. The summed E-state index contributed by atoms with van der Waals surface area (Å²) in [5, 5.41) is 8.76. The van der Waals surface area contributed by atoms with E-state index in [2.05, 4.69) is 38.1 Å². The molecule has 0 N–H and O–H groups in total. The van der Waals surface area contributed by atoms with Crippen LogP contribution in [0.4, 0.5) is 5.82 Å². The van der Waals surface area contributed by atoms with Crippen molar-refractivity contribution in [1.29, 1.82) is 0 Å². The Labute approximate surface area is 137 Å². The first-order valence-corrected chi connectivity index (χ1v) is 8.50. The molecular formula is C17H24N6. The van der Waals surface area contributed by atoms with Crippen molar-refractivity contribution >= 4 is 5.82 Å². The van der Waals surface area contributed by atoms with Crippen LogP contribution in [0.3, 0.4) is 0 Å². The van der Waals surface area contributed by atoms with Crippen LogP contribution < -0.4 is 4.90 Å². The zero-order valence-corrected chi connectivity index (χ0v) is 13.7. The Balaban J connectivity index is 1.40. The van der Waals surface area contributed by atoms with Gasteiger partial charge in [-0.15, -0.1) is 10.2 Å². The van der Waals surface area contributed by atoms with Gasteiger partial charge < -0.3 is 9.80 Å². The van der Waals surface area contributed by atoms with Crippen molar-refractivity contribution in [1.82, 2.24) is 24.6 Å². The molecule has 2 aromatic heterocycles. The molecule has 4 heterocycles. The number of piperidine rings is 2. The highest BCUT2D eigenvalue weighted by Crippen LogP contribution is 2.41. The number of rotatable bonds is 2. The van der Waals surface area contributed by atoms with E-state index in [9.17, 15) is 0 Å². The highest BCUT2D eigenvalue weighted by molar-refractivity contribution is 5.40. The van der Waals surface area contributed by atoms with Crippen molar-refractivity contribution in [2.24, 2.45) is 5.41 Å². The fraction of sp³-hybridized carbons (Fsp3) is 0.588. The second kappa shape index (κ2) is 5.92. The maximum atomic E-state index is 4.42. The van der Waals surface area contributed by atoms with Crippen LogP contribution in [0.25, 0.3) is 5.82 Å². The second-order valence-corrected chi connectivity index (χ2v) is 7.01. The molecule has 6 heteroatoms. The van der Waals surface area contributed by atoms with Crippen molar-refractivity contribution in [3.8, 4) is 5.82 Å². The van der Waals surface area contributed by atoms with E-state index in [0.717, 1.165) is 24.7 Å². The lowest BCUT2D eigenvalue weighted by Gasteiger charge is -2.46. The number of imidazole rings is 1. The van der Waals surface area contributed by atoms with Gasteiger partial charge >= 0.3 is 0 Å². The van der Waals surface area contributed by atoms with Gasteiger partial charge in [0.15, 0.2) is 11.6 Å².